The number of hydrogen-bond donors (Lipinski definition) is 1. The van der Waals surface area contributed by atoms with Crippen molar-refractivity contribution in [3.05, 3.63) is 35.9 Å². The summed E-state index contributed by atoms with van der Waals surface area (Å²) in [4.78, 5) is 9.46. The molecule has 1 saturated heterocycles. The molecular weight excluding hydrogens is 439 g/mol. The quantitative estimate of drug-likeness (QED) is 0.340. The Morgan fingerprint density at radius 1 is 1.31 bits per heavy atom. The summed E-state index contributed by atoms with van der Waals surface area (Å²) in [5.74, 6) is 1.64. The van der Waals surface area contributed by atoms with Gasteiger partial charge in [-0.2, -0.15) is 0 Å². The average Bonchev–Trinajstić information content (AvgIpc) is 3.10. The van der Waals surface area contributed by atoms with Crippen LogP contribution < -0.4 is 5.32 Å². The van der Waals surface area contributed by atoms with Crippen LogP contribution in [-0.2, 0) is 11.3 Å². The van der Waals surface area contributed by atoms with Gasteiger partial charge < -0.3 is 19.9 Å². The molecule has 148 valence electrons. The van der Waals surface area contributed by atoms with Crippen LogP contribution in [0.1, 0.15) is 25.8 Å². The minimum atomic E-state index is 0. The second-order valence-electron chi connectivity index (χ2n) is 6.73. The summed E-state index contributed by atoms with van der Waals surface area (Å²) in [7, 11) is 2.14. The Kier molecular flexibility index (Phi) is 11.9. The van der Waals surface area contributed by atoms with Gasteiger partial charge in [0.1, 0.15) is 0 Å². The molecule has 1 unspecified atom stereocenters. The third kappa shape index (κ3) is 8.22. The molecule has 26 heavy (non-hydrogen) atoms. The summed E-state index contributed by atoms with van der Waals surface area (Å²) in [5.41, 5.74) is 1.24. The van der Waals surface area contributed by atoms with Crippen LogP contribution in [0.25, 0.3) is 0 Å². The summed E-state index contributed by atoms with van der Waals surface area (Å²) in [5, 5.41) is 3.44. The van der Waals surface area contributed by atoms with Gasteiger partial charge >= 0.3 is 0 Å². The van der Waals surface area contributed by atoms with Gasteiger partial charge in [-0.25, -0.2) is 0 Å². The van der Waals surface area contributed by atoms with Crippen LogP contribution in [-0.4, -0.2) is 68.7 Å². The van der Waals surface area contributed by atoms with E-state index in [1.165, 1.54) is 12.0 Å². The normalized spacial score (nSPS) is 17.5. The number of ether oxygens (including phenoxy) is 1. The molecule has 2 rings (SSSR count). The van der Waals surface area contributed by atoms with E-state index in [0.717, 1.165) is 51.8 Å². The van der Waals surface area contributed by atoms with Crippen LogP contribution in [0.2, 0.25) is 0 Å². The molecule has 1 heterocycles. The highest BCUT2D eigenvalue weighted by molar-refractivity contribution is 14.0. The van der Waals surface area contributed by atoms with Crippen molar-refractivity contribution in [1.82, 2.24) is 15.1 Å². The number of hydrogen-bond acceptors (Lipinski definition) is 3. The van der Waals surface area contributed by atoms with Gasteiger partial charge in [-0.1, -0.05) is 37.3 Å². The Balaban J connectivity index is 0.00000338. The molecule has 0 bridgehead atoms. The maximum Gasteiger partial charge on any atom is 0.193 e. The Labute approximate surface area is 176 Å². The lowest BCUT2D eigenvalue weighted by Crippen LogP contribution is -2.40. The minimum Gasteiger partial charge on any atom is -0.376 e. The first-order valence-electron chi connectivity index (χ1n) is 9.56. The molecule has 0 spiro atoms. The SMILES string of the molecule is CCNC(=NCCN(C)CC)N1CCC(COCc2ccccc2)C1.I. The zero-order valence-corrected chi connectivity index (χ0v) is 18.8. The van der Waals surface area contributed by atoms with Gasteiger partial charge in [0.05, 0.1) is 19.8 Å². The van der Waals surface area contributed by atoms with E-state index in [9.17, 15) is 0 Å². The topological polar surface area (TPSA) is 40.1 Å². The molecule has 1 aliphatic rings. The number of nitrogens with one attached hydrogen (secondary N) is 1. The Morgan fingerprint density at radius 2 is 2.08 bits per heavy atom. The lowest BCUT2D eigenvalue weighted by atomic mass is 10.1. The van der Waals surface area contributed by atoms with Crippen molar-refractivity contribution in [2.45, 2.75) is 26.9 Å². The number of benzene rings is 1. The second-order valence-corrected chi connectivity index (χ2v) is 6.73. The number of halogens is 1. The summed E-state index contributed by atoms with van der Waals surface area (Å²) >= 11 is 0. The molecule has 1 aromatic rings. The molecular formula is C20H35IN4O. The second kappa shape index (κ2) is 13.3. The molecule has 0 amide bonds. The Bertz CT molecular complexity index is 512. The lowest BCUT2D eigenvalue weighted by molar-refractivity contribution is 0.0906. The van der Waals surface area contributed by atoms with Gasteiger partial charge in [0, 0.05) is 32.1 Å². The predicted molar refractivity (Wildman–Crippen MR) is 120 cm³/mol. The fourth-order valence-corrected chi connectivity index (χ4v) is 2.99. The lowest BCUT2D eigenvalue weighted by Gasteiger charge is -2.22. The molecule has 6 heteroatoms. The molecule has 0 aliphatic carbocycles. The Morgan fingerprint density at radius 3 is 2.77 bits per heavy atom. The Hall–Kier alpha value is -0.860. The summed E-state index contributed by atoms with van der Waals surface area (Å²) in [6, 6.07) is 10.4. The van der Waals surface area contributed by atoms with Crippen molar-refractivity contribution in [2.75, 3.05) is 52.9 Å². The third-order valence-corrected chi connectivity index (χ3v) is 4.67. The summed E-state index contributed by atoms with van der Waals surface area (Å²) in [6.07, 6.45) is 1.17. The van der Waals surface area contributed by atoms with Crippen LogP contribution in [0.5, 0.6) is 0 Å². The fourth-order valence-electron chi connectivity index (χ4n) is 2.99. The van der Waals surface area contributed by atoms with Gasteiger partial charge in [-0.15, -0.1) is 24.0 Å². The van der Waals surface area contributed by atoms with E-state index in [1.807, 2.05) is 6.07 Å². The zero-order chi connectivity index (χ0) is 17.9. The molecule has 5 nitrogen and oxygen atoms in total. The molecule has 0 saturated carbocycles. The number of rotatable bonds is 9. The highest BCUT2D eigenvalue weighted by Crippen LogP contribution is 2.17. The fraction of sp³-hybridized carbons (Fsp3) is 0.650. The van der Waals surface area contributed by atoms with E-state index in [4.69, 9.17) is 9.73 Å². The molecule has 0 radical (unpaired) electrons. The van der Waals surface area contributed by atoms with Crippen LogP contribution in [0.4, 0.5) is 0 Å². The highest BCUT2D eigenvalue weighted by atomic mass is 127. The molecule has 1 aromatic carbocycles. The van der Waals surface area contributed by atoms with E-state index >= 15 is 0 Å². The molecule has 1 atom stereocenters. The third-order valence-electron chi connectivity index (χ3n) is 4.67. The maximum absolute atomic E-state index is 5.93. The summed E-state index contributed by atoms with van der Waals surface area (Å²) in [6.45, 7) is 11.8. The van der Waals surface area contributed by atoms with Gasteiger partial charge in [-0.05, 0) is 32.5 Å². The van der Waals surface area contributed by atoms with Crippen LogP contribution >= 0.6 is 24.0 Å². The largest absolute Gasteiger partial charge is 0.376 e. The van der Waals surface area contributed by atoms with E-state index in [2.05, 4.69) is 60.3 Å². The van der Waals surface area contributed by atoms with E-state index in [-0.39, 0.29) is 24.0 Å². The standard InChI is InChI=1S/C20H34N4O.HI/c1-4-21-20(22-12-14-23(3)5-2)24-13-11-19(15-24)17-25-16-18-9-7-6-8-10-18;/h6-10,19H,4-5,11-17H2,1-3H3,(H,21,22);1H. The van der Waals surface area contributed by atoms with Crippen molar-refractivity contribution in [1.29, 1.82) is 0 Å². The van der Waals surface area contributed by atoms with Crippen molar-refractivity contribution in [2.24, 2.45) is 10.9 Å². The number of nitrogens with zero attached hydrogens (tertiary/aromatic N) is 3. The van der Waals surface area contributed by atoms with Crippen molar-refractivity contribution < 1.29 is 4.74 Å². The molecule has 1 aliphatic heterocycles. The predicted octanol–water partition coefficient (Wildman–Crippen LogP) is 3.06. The smallest absolute Gasteiger partial charge is 0.193 e. The minimum absolute atomic E-state index is 0. The zero-order valence-electron chi connectivity index (χ0n) is 16.5. The highest BCUT2D eigenvalue weighted by Gasteiger charge is 2.24. The number of guanidine groups is 1. The average molecular weight is 474 g/mol. The number of likely N-dealkylation sites (N-methyl/N-ethyl adjacent to an activating group) is 1. The van der Waals surface area contributed by atoms with Crippen LogP contribution in [0.3, 0.4) is 0 Å². The monoisotopic (exact) mass is 474 g/mol. The van der Waals surface area contributed by atoms with Gasteiger partial charge in [0.2, 0.25) is 0 Å². The van der Waals surface area contributed by atoms with E-state index in [1.54, 1.807) is 0 Å². The molecule has 1 N–H and O–H groups in total. The van der Waals surface area contributed by atoms with Crippen molar-refractivity contribution >= 4 is 29.9 Å². The van der Waals surface area contributed by atoms with Gasteiger partial charge in [0.25, 0.3) is 0 Å². The van der Waals surface area contributed by atoms with Crippen LogP contribution in [0.15, 0.2) is 35.3 Å². The number of aliphatic imine (C=N–C) groups is 1. The van der Waals surface area contributed by atoms with Crippen molar-refractivity contribution in [3.8, 4) is 0 Å². The first kappa shape index (κ1) is 23.2. The number of likely N-dealkylation sites (tertiary alicyclic amines) is 1. The van der Waals surface area contributed by atoms with Gasteiger partial charge in [0.15, 0.2) is 5.96 Å². The first-order chi connectivity index (χ1) is 12.2. The molecule has 1 fully saturated rings. The first-order valence-corrected chi connectivity index (χ1v) is 9.56. The van der Waals surface area contributed by atoms with E-state index < -0.39 is 0 Å². The maximum atomic E-state index is 5.93. The van der Waals surface area contributed by atoms with Crippen LogP contribution in [0, 0.1) is 5.92 Å². The van der Waals surface area contributed by atoms with E-state index in [0.29, 0.717) is 12.5 Å². The summed E-state index contributed by atoms with van der Waals surface area (Å²) < 4.78 is 5.93. The van der Waals surface area contributed by atoms with Gasteiger partial charge in [-0.3, -0.25) is 4.99 Å². The van der Waals surface area contributed by atoms with Crippen molar-refractivity contribution in [3.63, 3.8) is 0 Å². The molecule has 0 aromatic heterocycles.